The molecule has 1 aliphatic heterocycles. The second kappa shape index (κ2) is 7.54. The van der Waals surface area contributed by atoms with Gasteiger partial charge in [-0.2, -0.15) is 5.10 Å². The van der Waals surface area contributed by atoms with Gasteiger partial charge >= 0.3 is 0 Å². The van der Waals surface area contributed by atoms with Crippen LogP contribution in [0.15, 0.2) is 29.4 Å². The Labute approximate surface area is 136 Å². The minimum atomic E-state index is -0.785. The number of carbonyl (C=O) groups excluding carboxylic acids is 2. The molecule has 1 heterocycles. The maximum absolute atomic E-state index is 12.5. The van der Waals surface area contributed by atoms with Crippen LogP contribution in [0.4, 0.5) is 0 Å². The number of hydrogen-bond acceptors (Lipinski definition) is 3. The summed E-state index contributed by atoms with van der Waals surface area (Å²) in [6.07, 6.45) is 4.29. The quantitative estimate of drug-likeness (QED) is 0.434. The molecule has 0 saturated heterocycles. The highest BCUT2D eigenvalue weighted by Gasteiger charge is 2.38. The lowest BCUT2D eigenvalue weighted by atomic mass is 9.94. The summed E-state index contributed by atoms with van der Waals surface area (Å²) in [5.41, 5.74) is 1.06. The number of hydrogen-bond donors (Lipinski definition) is 0. The molecule has 0 radical (unpaired) electrons. The van der Waals surface area contributed by atoms with E-state index in [0.29, 0.717) is 22.8 Å². The van der Waals surface area contributed by atoms with Crippen LogP contribution in [0.3, 0.4) is 0 Å². The molecular formula is C17H21ClN2O2. The van der Waals surface area contributed by atoms with Gasteiger partial charge in [-0.05, 0) is 37.6 Å². The van der Waals surface area contributed by atoms with Crippen molar-refractivity contribution in [2.45, 2.75) is 39.5 Å². The largest absolute Gasteiger partial charge is 0.293 e. The van der Waals surface area contributed by atoms with Gasteiger partial charge < -0.3 is 0 Å². The van der Waals surface area contributed by atoms with Gasteiger partial charge in [0.05, 0.1) is 5.71 Å². The van der Waals surface area contributed by atoms with Crippen LogP contribution in [0.1, 0.15) is 49.9 Å². The van der Waals surface area contributed by atoms with Crippen LogP contribution < -0.4 is 0 Å². The Balaban J connectivity index is 2.03. The highest BCUT2D eigenvalue weighted by Crippen LogP contribution is 2.22. The van der Waals surface area contributed by atoms with Crippen LogP contribution in [0.2, 0.25) is 5.02 Å². The number of rotatable bonds is 7. The predicted octanol–water partition coefficient (Wildman–Crippen LogP) is 3.94. The summed E-state index contributed by atoms with van der Waals surface area (Å²) < 4.78 is 0. The van der Waals surface area contributed by atoms with E-state index in [1.165, 1.54) is 5.01 Å². The maximum atomic E-state index is 12.5. The lowest BCUT2D eigenvalue weighted by molar-refractivity contribution is -0.130. The summed E-state index contributed by atoms with van der Waals surface area (Å²) in [7, 11) is 0. The van der Waals surface area contributed by atoms with Crippen molar-refractivity contribution in [3.63, 3.8) is 0 Å². The van der Waals surface area contributed by atoms with E-state index in [9.17, 15) is 9.59 Å². The van der Waals surface area contributed by atoms with Crippen molar-refractivity contribution in [2.75, 3.05) is 6.54 Å². The molecule has 0 N–H and O–H groups in total. The van der Waals surface area contributed by atoms with Crippen LogP contribution in [-0.4, -0.2) is 29.0 Å². The van der Waals surface area contributed by atoms with Crippen molar-refractivity contribution >= 4 is 29.0 Å². The highest BCUT2D eigenvalue weighted by molar-refractivity contribution is 6.31. The van der Waals surface area contributed by atoms with Crippen molar-refractivity contribution in [3.05, 3.63) is 34.9 Å². The van der Waals surface area contributed by atoms with E-state index in [1.54, 1.807) is 31.2 Å². The predicted molar refractivity (Wildman–Crippen MR) is 88.2 cm³/mol. The van der Waals surface area contributed by atoms with E-state index < -0.39 is 5.92 Å². The molecule has 0 fully saturated rings. The average Bonchev–Trinajstić information content (AvgIpc) is 2.78. The number of carbonyl (C=O) groups is 2. The number of unbranched alkanes of at least 4 members (excludes halogenated alkanes) is 3. The topological polar surface area (TPSA) is 49.7 Å². The smallest absolute Gasteiger partial charge is 0.259 e. The number of nitrogens with zero attached hydrogens (tertiary/aromatic N) is 2. The molecule has 0 aliphatic carbocycles. The van der Waals surface area contributed by atoms with Gasteiger partial charge in [0, 0.05) is 17.1 Å². The molecule has 5 heteroatoms. The minimum absolute atomic E-state index is 0.209. The molecule has 2 rings (SSSR count). The first-order chi connectivity index (χ1) is 10.5. The molecule has 22 heavy (non-hydrogen) atoms. The zero-order valence-corrected chi connectivity index (χ0v) is 13.8. The van der Waals surface area contributed by atoms with Gasteiger partial charge in [-0.1, -0.05) is 37.8 Å². The molecule has 0 saturated carbocycles. The lowest BCUT2D eigenvalue weighted by Gasteiger charge is -2.13. The zero-order chi connectivity index (χ0) is 16.1. The standard InChI is InChI=1S/C17H21ClN2O2/c1-3-4-5-6-11-20-17(22)15(12(2)19-20)16(21)13-7-9-14(18)10-8-13/h7-10,15H,3-6,11H2,1-2H3/t15-/m0/s1. The van der Waals surface area contributed by atoms with Gasteiger partial charge in [-0.15, -0.1) is 0 Å². The van der Waals surface area contributed by atoms with Gasteiger partial charge in [0.25, 0.3) is 5.91 Å². The Morgan fingerprint density at radius 3 is 2.55 bits per heavy atom. The Morgan fingerprint density at radius 1 is 1.23 bits per heavy atom. The van der Waals surface area contributed by atoms with E-state index in [0.717, 1.165) is 25.7 Å². The molecule has 0 bridgehead atoms. The first-order valence-corrected chi connectivity index (χ1v) is 8.08. The fourth-order valence-electron chi connectivity index (χ4n) is 2.56. The highest BCUT2D eigenvalue weighted by atomic mass is 35.5. The second-order valence-electron chi connectivity index (χ2n) is 5.57. The molecule has 1 aliphatic rings. The van der Waals surface area contributed by atoms with Gasteiger partial charge in [-0.25, -0.2) is 5.01 Å². The molecule has 1 aromatic carbocycles. The zero-order valence-electron chi connectivity index (χ0n) is 13.0. The third kappa shape index (κ3) is 3.74. The normalized spacial score (nSPS) is 17.8. The molecule has 0 unspecified atom stereocenters. The minimum Gasteiger partial charge on any atom is -0.293 e. The Bertz CT molecular complexity index is 581. The Morgan fingerprint density at radius 2 is 1.91 bits per heavy atom. The summed E-state index contributed by atoms with van der Waals surface area (Å²) in [6, 6.07) is 6.61. The summed E-state index contributed by atoms with van der Waals surface area (Å²) in [5.74, 6) is -1.21. The van der Waals surface area contributed by atoms with Crippen LogP contribution >= 0.6 is 11.6 Å². The van der Waals surface area contributed by atoms with Crippen molar-refractivity contribution in [3.8, 4) is 0 Å². The number of benzene rings is 1. The van der Waals surface area contributed by atoms with E-state index >= 15 is 0 Å². The van der Waals surface area contributed by atoms with Crippen molar-refractivity contribution < 1.29 is 9.59 Å². The molecule has 1 aromatic rings. The molecule has 1 atom stereocenters. The van der Waals surface area contributed by atoms with Crippen molar-refractivity contribution in [1.82, 2.24) is 5.01 Å². The number of hydrazone groups is 1. The van der Waals surface area contributed by atoms with Crippen molar-refractivity contribution in [1.29, 1.82) is 0 Å². The molecular weight excluding hydrogens is 300 g/mol. The van der Waals surface area contributed by atoms with E-state index in [1.807, 2.05) is 0 Å². The first kappa shape index (κ1) is 16.7. The molecule has 0 spiro atoms. The number of ketones is 1. The monoisotopic (exact) mass is 320 g/mol. The fraction of sp³-hybridized carbons (Fsp3) is 0.471. The van der Waals surface area contributed by atoms with Crippen LogP contribution in [-0.2, 0) is 4.79 Å². The number of amides is 1. The van der Waals surface area contributed by atoms with E-state index in [2.05, 4.69) is 12.0 Å². The van der Waals surface area contributed by atoms with E-state index in [4.69, 9.17) is 11.6 Å². The number of Topliss-reactive ketones (excluding diaryl/α,β-unsaturated/α-hetero) is 1. The van der Waals surface area contributed by atoms with Gasteiger partial charge in [0.1, 0.15) is 5.92 Å². The van der Waals surface area contributed by atoms with Gasteiger partial charge in [0.2, 0.25) is 0 Å². The van der Waals surface area contributed by atoms with Crippen molar-refractivity contribution in [2.24, 2.45) is 11.0 Å². The fourth-order valence-corrected chi connectivity index (χ4v) is 2.68. The molecule has 4 nitrogen and oxygen atoms in total. The second-order valence-corrected chi connectivity index (χ2v) is 6.00. The lowest BCUT2D eigenvalue weighted by Crippen LogP contribution is -2.33. The SMILES string of the molecule is CCCCCCN1N=C(C)[C@@H](C(=O)c2ccc(Cl)cc2)C1=O. The summed E-state index contributed by atoms with van der Waals surface area (Å²) in [6.45, 7) is 4.47. The average molecular weight is 321 g/mol. The summed E-state index contributed by atoms with van der Waals surface area (Å²) >= 11 is 5.83. The summed E-state index contributed by atoms with van der Waals surface area (Å²) in [5, 5.41) is 6.28. The number of halogens is 1. The van der Waals surface area contributed by atoms with Gasteiger partial charge in [0.15, 0.2) is 5.78 Å². The van der Waals surface area contributed by atoms with Gasteiger partial charge in [-0.3, -0.25) is 9.59 Å². The Kier molecular flexibility index (Phi) is 5.72. The summed E-state index contributed by atoms with van der Waals surface area (Å²) in [4.78, 5) is 25.0. The van der Waals surface area contributed by atoms with Crippen LogP contribution in [0.25, 0.3) is 0 Å². The molecule has 118 valence electrons. The molecule has 1 amide bonds. The van der Waals surface area contributed by atoms with Crippen LogP contribution in [0.5, 0.6) is 0 Å². The van der Waals surface area contributed by atoms with E-state index in [-0.39, 0.29) is 11.7 Å². The maximum Gasteiger partial charge on any atom is 0.259 e. The third-order valence-corrected chi connectivity index (χ3v) is 4.06. The Hall–Kier alpha value is -1.68. The third-order valence-electron chi connectivity index (χ3n) is 3.81. The molecule has 0 aromatic heterocycles. The first-order valence-electron chi connectivity index (χ1n) is 7.71. The van der Waals surface area contributed by atoms with Crippen LogP contribution in [0, 0.1) is 5.92 Å².